The Balaban J connectivity index is 2.36. The topological polar surface area (TPSA) is 60.9 Å². The van der Waals surface area contributed by atoms with Crippen LogP contribution in [0.1, 0.15) is 32.0 Å². The molecule has 0 radical (unpaired) electrons. The molecule has 1 amide bonds. The molecule has 1 heterocycles. The van der Waals surface area contributed by atoms with Crippen molar-refractivity contribution in [2.45, 2.75) is 37.3 Å². The zero-order chi connectivity index (χ0) is 19.3. The quantitative estimate of drug-likeness (QED) is 0.420. The molecule has 0 unspecified atom stereocenters. The van der Waals surface area contributed by atoms with E-state index in [4.69, 9.17) is 14.2 Å². The molecule has 1 aromatic carbocycles. The lowest BCUT2D eigenvalue weighted by Gasteiger charge is -2.26. The average molecular weight is 490 g/mol. The number of thiazole rings is 1. The summed E-state index contributed by atoms with van der Waals surface area (Å²) in [6.45, 7) is 5.82. The Bertz CT molecular complexity index is 758. The van der Waals surface area contributed by atoms with Gasteiger partial charge in [0.2, 0.25) is 0 Å². The highest BCUT2D eigenvalue weighted by Crippen LogP contribution is 2.30. The molecule has 0 fully saturated rings. The van der Waals surface area contributed by atoms with Crippen molar-refractivity contribution in [3.05, 3.63) is 34.8 Å². The fourth-order valence-electron chi connectivity index (χ4n) is 2.16. The minimum Gasteiger partial charge on any atom is -0.497 e. The fraction of sp³-hybridized carbons (Fsp3) is 0.444. The molecular formula is C18H23IN2O4S. The smallest absolute Gasteiger partial charge is 0.416 e. The van der Waals surface area contributed by atoms with Crippen molar-refractivity contribution in [1.29, 1.82) is 0 Å². The van der Waals surface area contributed by atoms with Gasteiger partial charge in [0.15, 0.2) is 5.13 Å². The molecule has 0 bridgehead atoms. The minimum absolute atomic E-state index is 0.288. The fourth-order valence-corrected chi connectivity index (χ4v) is 3.67. The first-order valence-corrected chi connectivity index (χ1v) is 10.4. The predicted octanol–water partition coefficient (Wildman–Crippen LogP) is 5.04. The van der Waals surface area contributed by atoms with E-state index in [0.29, 0.717) is 16.6 Å². The van der Waals surface area contributed by atoms with Crippen LogP contribution in [0, 0.1) is 0 Å². The first-order chi connectivity index (χ1) is 12.3. The van der Waals surface area contributed by atoms with Gasteiger partial charge in [-0.25, -0.2) is 14.7 Å². The Kier molecular flexibility index (Phi) is 7.10. The van der Waals surface area contributed by atoms with E-state index < -0.39 is 11.7 Å². The molecule has 142 valence electrons. The molecule has 2 aromatic rings. The van der Waals surface area contributed by atoms with Gasteiger partial charge in [0, 0.05) is 21.4 Å². The van der Waals surface area contributed by atoms with Crippen molar-refractivity contribution in [3.63, 3.8) is 0 Å². The van der Waals surface area contributed by atoms with Crippen LogP contribution in [0.15, 0.2) is 23.6 Å². The second-order valence-corrected chi connectivity index (χ2v) is 8.10. The molecule has 0 aliphatic rings. The Morgan fingerprint density at radius 3 is 2.54 bits per heavy atom. The summed E-state index contributed by atoms with van der Waals surface area (Å²) >= 11 is 3.67. The summed E-state index contributed by atoms with van der Waals surface area (Å²) in [5, 5.41) is 2.55. The van der Waals surface area contributed by atoms with Gasteiger partial charge in [-0.15, -0.1) is 11.3 Å². The van der Waals surface area contributed by atoms with E-state index >= 15 is 0 Å². The van der Waals surface area contributed by atoms with Crippen LogP contribution < -0.4 is 14.4 Å². The van der Waals surface area contributed by atoms with Crippen molar-refractivity contribution >= 4 is 45.2 Å². The predicted molar refractivity (Wildman–Crippen MR) is 112 cm³/mol. The van der Waals surface area contributed by atoms with Crippen LogP contribution in [-0.4, -0.2) is 30.9 Å². The van der Waals surface area contributed by atoms with Gasteiger partial charge in [0.05, 0.1) is 26.5 Å². The van der Waals surface area contributed by atoms with Gasteiger partial charge >= 0.3 is 6.09 Å². The minimum atomic E-state index is -0.595. The monoisotopic (exact) mass is 490 g/mol. The number of hydrogen-bond donors (Lipinski definition) is 0. The number of halogens is 1. The lowest BCUT2D eigenvalue weighted by atomic mass is 10.2. The number of benzene rings is 1. The zero-order valence-corrected chi connectivity index (χ0v) is 18.5. The molecule has 0 spiro atoms. The molecule has 0 saturated carbocycles. The maximum atomic E-state index is 12.8. The van der Waals surface area contributed by atoms with Crippen LogP contribution in [0.4, 0.5) is 9.93 Å². The number of alkyl halides is 1. The SMILES string of the molecule is COc1ccc(CN(C(=O)OC(C)(C)C)c2nc(CI)cs2)c(OC)c1. The lowest BCUT2D eigenvalue weighted by Crippen LogP contribution is -2.36. The number of carbonyl (C=O) groups is 1. The summed E-state index contributed by atoms with van der Waals surface area (Å²) in [4.78, 5) is 18.9. The van der Waals surface area contributed by atoms with Crippen LogP contribution in [-0.2, 0) is 15.7 Å². The number of rotatable bonds is 6. The van der Waals surface area contributed by atoms with Crippen molar-refractivity contribution in [2.24, 2.45) is 0 Å². The molecule has 6 nitrogen and oxygen atoms in total. The standard InChI is InChI=1S/C18H23IN2O4S/c1-18(2,3)25-17(22)21(16-20-13(9-19)11-26-16)10-12-6-7-14(23-4)8-15(12)24-5/h6-8,11H,9-10H2,1-5H3. The summed E-state index contributed by atoms with van der Waals surface area (Å²) in [5.74, 6) is 1.33. The average Bonchev–Trinajstić information content (AvgIpc) is 3.06. The first kappa shape index (κ1) is 20.8. The maximum Gasteiger partial charge on any atom is 0.416 e. The van der Waals surface area contributed by atoms with Gasteiger partial charge in [-0.05, 0) is 32.9 Å². The number of carbonyl (C=O) groups excluding carboxylic acids is 1. The van der Waals surface area contributed by atoms with Crippen LogP contribution in [0.25, 0.3) is 0 Å². The van der Waals surface area contributed by atoms with Crippen LogP contribution in [0.2, 0.25) is 0 Å². The van der Waals surface area contributed by atoms with Gasteiger partial charge in [0.25, 0.3) is 0 Å². The number of aromatic nitrogens is 1. The molecular weight excluding hydrogens is 467 g/mol. The maximum absolute atomic E-state index is 12.8. The Morgan fingerprint density at radius 1 is 1.27 bits per heavy atom. The number of amides is 1. The summed E-state index contributed by atoms with van der Waals surface area (Å²) in [5.41, 5.74) is 1.18. The number of anilines is 1. The Hall–Kier alpha value is -1.55. The largest absolute Gasteiger partial charge is 0.497 e. The van der Waals surface area contributed by atoms with E-state index in [9.17, 15) is 4.79 Å². The van der Waals surface area contributed by atoms with Crippen molar-refractivity contribution < 1.29 is 19.0 Å². The van der Waals surface area contributed by atoms with Crippen molar-refractivity contribution in [1.82, 2.24) is 4.98 Å². The first-order valence-electron chi connectivity index (χ1n) is 7.99. The third kappa shape index (κ3) is 5.47. The normalized spacial score (nSPS) is 11.2. The second-order valence-electron chi connectivity index (χ2n) is 6.50. The molecule has 0 saturated heterocycles. The molecule has 1 aromatic heterocycles. The van der Waals surface area contributed by atoms with Gasteiger partial charge in [-0.3, -0.25) is 0 Å². The van der Waals surface area contributed by atoms with Crippen LogP contribution in [0.5, 0.6) is 11.5 Å². The van der Waals surface area contributed by atoms with E-state index in [2.05, 4.69) is 27.6 Å². The number of hydrogen-bond acceptors (Lipinski definition) is 6. The van der Waals surface area contributed by atoms with Crippen LogP contribution >= 0.6 is 33.9 Å². The third-order valence-electron chi connectivity index (χ3n) is 3.34. The van der Waals surface area contributed by atoms with Crippen molar-refractivity contribution in [2.75, 3.05) is 19.1 Å². The van der Waals surface area contributed by atoms with Crippen LogP contribution in [0.3, 0.4) is 0 Å². The molecule has 2 rings (SSSR count). The molecule has 0 atom stereocenters. The zero-order valence-electron chi connectivity index (χ0n) is 15.5. The highest BCUT2D eigenvalue weighted by Gasteiger charge is 2.26. The molecule has 26 heavy (non-hydrogen) atoms. The Morgan fingerprint density at radius 2 is 2.00 bits per heavy atom. The molecule has 0 aliphatic carbocycles. The number of nitrogens with zero attached hydrogens (tertiary/aromatic N) is 2. The van der Waals surface area contributed by atoms with E-state index in [1.54, 1.807) is 20.3 Å². The number of ether oxygens (including phenoxy) is 3. The lowest BCUT2D eigenvalue weighted by molar-refractivity contribution is 0.0577. The van der Waals surface area contributed by atoms with E-state index in [-0.39, 0.29) is 6.54 Å². The molecule has 0 aliphatic heterocycles. The summed E-state index contributed by atoms with van der Waals surface area (Å²) in [7, 11) is 3.19. The molecule has 0 N–H and O–H groups in total. The summed E-state index contributed by atoms with van der Waals surface area (Å²) < 4.78 is 17.0. The summed E-state index contributed by atoms with van der Waals surface area (Å²) in [6.07, 6.45) is -0.440. The summed E-state index contributed by atoms with van der Waals surface area (Å²) in [6, 6.07) is 5.51. The third-order valence-corrected chi connectivity index (χ3v) is 5.04. The Labute approximate surface area is 171 Å². The van der Waals surface area contributed by atoms with Gasteiger partial charge in [-0.2, -0.15) is 0 Å². The van der Waals surface area contributed by atoms with Gasteiger partial charge in [-0.1, -0.05) is 22.6 Å². The van der Waals surface area contributed by atoms with E-state index in [0.717, 1.165) is 15.7 Å². The van der Waals surface area contributed by atoms with Gasteiger partial charge in [0.1, 0.15) is 17.1 Å². The second kappa shape index (κ2) is 8.90. The van der Waals surface area contributed by atoms with Crippen molar-refractivity contribution in [3.8, 4) is 11.5 Å². The highest BCUT2D eigenvalue weighted by molar-refractivity contribution is 14.1. The molecule has 8 heteroatoms. The highest BCUT2D eigenvalue weighted by atomic mass is 127. The van der Waals surface area contributed by atoms with Gasteiger partial charge < -0.3 is 14.2 Å². The van der Waals surface area contributed by atoms with E-state index in [1.165, 1.54) is 16.2 Å². The van der Waals surface area contributed by atoms with E-state index in [1.807, 2.05) is 38.3 Å². The number of methoxy groups -OCH3 is 2.